The van der Waals surface area contributed by atoms with Crippen LogP contribution < -0.4 is 10.2 Å². The molecule has 0 aliphatic heterocycles. The fourth-order valence-corrected chi connectivity index (χ4v) is 2.00. The van der Waals surface area contributed by atoms with E-state index in [4.69, 9.17) is 5.11 Å². The van der Waals surface area contributed by atoms with Gasteiger partial charge in [0, 0.05) is 12.7 Å². The predicted octanol–water partition coefficient (Wildman–Crippen LogP) is 1.87. The molecular weight excluding hydrogens is 296 g/mol. The van der Waals surface area contributed by atoms with Gasteiger partial charge in [0.05, 0.1) is 18.9 Å². The van der Waals surface area contributed by atoms with E-state index in [2.05, 4.69) is 15.3 Å². The molecular formula is C16H18N4O3. The molecule has 0 spiro atoms. The average molecular weight is 314 g/mol. The smallest absolute Gasteiger partial charge is 0.356 e. The van der Waals surface area contributed by atoms with E-state index in [0.29, 0.717) is 5.82 Å². The van der Waals surface area contributed by atoms with Crippen LogP contribution in [0.5, 0.6) is 0 Å². The van der Waals surface area contributed by atoms with Gasteiger partial charge in [-0.05, 0) is 31.0 Å². The number of carboxylic acid groups (broad SMARTS) is 1. The van der Waals surface area contributed by atoms with Crippen molar-refractivity contribution in [1.29, 1.82) is 0 Å². The molecule has 0 saturated carbocycles. The number of carbonyl (C=O) groups is 2. The summed E-state index contributed by atoms with van der Waals surface area (Å²) in [7, 11) is 1.69. The van der Waals surface area contributed by atoms with Gasteiger partial charge in [0.2, 0.25) is 5.91 Å². The maximum absolute atomic E-state index is 12.1. The Labute approximate surface area is 134 Å². The topological polar surface area (TPSA) is 95.4 Å². The van der Waals surface area contributed by atoms with Crippen molar-refractivity contribution in [2.24, 2.45) is 0 Å². The largest absolute Gasteiger partial charge is 0.476 e. The van der Waals surface area contributed by atoms with Gasteiger partial charge in [-0.15, -0.1) is 0 Å². The van der Waals surface area contributed by atoms with Crippen molar-refractivity contribution in [3.05, 3.63) is 47.4 Å². The number of nitrogens with zero attached hydrogens (tertiary/aromatic N) is 3. The fourth-order valence-electron chi connectivity index (χ4n) is 2.00. The van der Waals surface area contributed by atoms with Gasteiger partial charge in [-0.25, -0.2) is 14.8 Å². The lowest BCUT2D eigenvalue weighted by molar-refractivity contribution is -0.114. The Hall–Kier alpha value is -2.96. The molecule has 0 saturated heterocycles. The molecule has 0 aliphatic rings. The van der Waals surface area contributed by atoms with Crippen LogP contribution in [0.25, 0.3) is 0 Å². The number of carboxylic acids is 1. The van der Waals surface area contributed by atoms with Crippen molar-refractivity contribution in [2.45, 2.75) is 13.8 Å². The van der Waals surface area contributed by atoms with Crippen LogP contribution in [0.15, 0.2) is 30.6 Å². The van der Waals surface area contributed by atoms with Crippen LogP contribution in [-0.2, 0) is 4.79 Å². The molecule has 2 rings (SSSR count). The predicted molar refractivity (Wildman–Crippen MR) is 86.8 cm³/mol. The number of amides is 1. The average Bonchev–Trinajstić information content (AvgIpc) is 2.52. The first-order chi connectivity index (χ1) is 10.9. The maximum atomic E-state index is 12.1. The summed E-state index contributed by atoms with van der Waals surface area (Å²) in [4.78, 5) is 32.3. The van der Waals surface area contributed by atoms with Crippen molar-refractivity contribution >= 4 is 23.4 Å². The molecule has 0 atom stereocenters. The highest BCUT2D eigenvalue weighted by molar-refractivity contribution is 5.94. The number of hydrogen-bond donors (Lipinski definition) is 2. The molecule has 7 nitrogen and oxygen atoms in total. The number of anilines is 2. The monoisotopic (exact) mass is 314 g/mol. The molecule has 0 radical (unpaired) electrons. The summed E-state index contributed by atoms with van der Waals surface area (Å²) >= 11 is 0. The normalized spacial score (nSPS) is 10.2. The van der Waals surface area contributed by atoms with Crippen LogP contribution in [0.3, 0.4) is 0 Å². The van der Waals surface area contributed by atoms with Crippen molar-refractivity contribution in [2.75, 3.05) is 23.8 Å². The summed E-state index contributed by atoms with van der Waals surface area (Å²) in [5.74, 6) is -0.907. The Morgan fingerprint density at radius 3 is 2.57 bits per heavy atom. The summed E-state index contributed by atoms with van der Waals surface area (Å²) in [5, 5.41) is 11.7. The zero-order chi connectivity index (χ0) is 17.0. The Morgan fingerprint density at radius 1 is 1.22 bits per heavy atom. The fraction of sp³-hybridized carbons (Fsp3) is 0.250. The van der Waals surface area contributed by atoms with E-state index in [1.54, 1.807) is 11.9 Å². The first-order valence-corrected chi connectivity index (χ1v) is 7.01. The lowest BCUT2D eigenvalue weighted by Gasteiger charge is -2.18. The van der Waals surface area contributed by atoms with E-state index in [9.17, 15) is 9.59 Å². The number of hydrogen-bond acceptors (Lipinski definition) is 5. The standard InChI is InChI=1S/C16H18N4O3/c1-10-5-4-6-12(11(10)2)19-15(21)9-20(3)14-8-17-13(7-18-14)16(22)23/h4-8H,9H2,1-3H3,(H,19,21)(H,22,23). The molecule has 1 aromatic heterocycles. The minimum Gasteiger partial charge on any atom is -0.476 e. The summed E-state index contributed by atoms with van der Waals surface area (Å²) in [5.41, 5.74) is 2.76. The van der Waals surface area contributed by atoms with E-state index < -0.39 is 5.97 Å². The van der Waals surface area contributed by atoms with Gasteiger partial charge in [-0.2, -0.15) is 0 Å². The van der Waals surface area contributed by atoms with E-state index >= 15 is 0 Å². The summed E-state index contributed by atoms with van der Waals surface area (Å²) in [6.07, 6.45) is 2.49. The molecule has 23 heavy (non-hydrogen) atoms. The number of likely N-dealkylation sites (N-methyl/N-ethyl adjacent to an activating group) is 1. The van der Waals surface area contributed by atoms with Crippen LogP contribution in [0.1, 0.15) is 21.6 Å². The van der Waals surface area contributed by atoms with Gasteiger partial charge in [0.25, 0.3) is 0 Å². The molecule has 7 heteroatoms. The van der Waals surface area contributed by atoms with Crippen molar-refractivity contribution in [1.82, 2.24) is 9.97 Å². The number of rotatable bonds is 5. The highest BCUT2D eigenvalue weighted by Gasteiger charge is 2.12. The lowest BCUT2D eigenvalue weighted by Crippen LogP contribution is -2.31. The molecule has 0 fully saturated rings. The molecule has 0 bridgehead atoms. The zero-order valence-corrected chi connectivity index (χ0v) is 13.2. The molecule has 2 aromatic rings. The SMILES string of the molecule is Cc1cccc(NC(=O)CN(C)c2cnc(C(=O)O)cn2)c1C. The first-order valence-electron chi connectivity index (χ1n) is 7.01. The van der Waals surface area contributed by atoms with Crippen molar-refractivity contribution < 1.29 is 14.7 Å². The van der Waals surface area contributed by atoms with Gasteiger partial charge in [0.1, 0.15) is 5.82 Å². The second-order valence-electron chi connectivity index (χ2n) is 5.22. The van der Waals surface area contributed by atoms with Crippen LogP contribution in [0, 0.1) is 13.8 Å². The van der Waals surface area contributed by atoms with E-state index in [-0.39, 0.29) is 18.1 Å². The first kappa shape index (κ1) is 16.4. The summed E-state index contributed by atoms with van der Waals surface area (Å²) in [6.45, 7) is 4.01. The number of carbonyl (C=O) groups excluding carboxylic acids is 1. The molecule has 1 heterocycles. The van der Waals surface area contributed by atoms with E-state index in [0.717, 1.165) is 23.0 Å². The lowest BCUT2D eigenvalue weighted by atomic mass is 10.1. The minimum absolute atomic E-state index is 0.0779. The molecule has 2 N–H and O–H groups in total. The zero-order valence-electron chi connectivity index (χ0n) is 13.2. The van der Waals surface area contributed by atoms with Crippen molar-refractivity contribution in [3.63, 3.8) is 0 Å². The number of benzene rings is 1. The Balaban J connectivity index is 2.02. The number of aromatic carboxylic acids is 1. The van der Waals surface area contributed by atoms with Gasteiger partial charge in [-0.1, -0.05) is 12.1 Å². The molecule has 1 amide bonds. The van der Waals surface area contributed by atoms with Gasteiger partial charge >= 0.3 is 5.97 Å². The molecule has 0 aliphatic carbocycles. The Morgan fingerprint density at radius 2 is 1.96 bits per heavy atom. The molecule has 0 unspecified atom stereocenters. The van der Waals surface area contributed by atoms with Gasteiger partial charge in [-0.3, -0.25) is 4.79 Å². The number of nitrogens with one attached hydrogen (secondary N) is 1. The van der Waals surface area contributed by atoms with E-state index in [1.807, 2.05) is 32.0 Å². The highest BCUT2D eigenvalue weighted by atomic mass is 16.4. The molecule has 1 aromatic carbocycles. The quantitative estimate of drug-likeness (QED) is 0.874. The maximum Gasteiger partial charge on any atom is 0.356 e. The van der Waals surface area contributed by atoms with Crippen LogP contribution in [0.2, 0.25) is 0 Å². The molecule has 120 valence electrons. The van der Waals surface area contributed by atoms with E-state index in [1.165, 1.54) is 6.20 Å². The third-order valence-corrected chi connectivity index (χ3v) is 3.51. The van der Waals surface area contributed by atoms with Crippen LogP contribution in [0.4, 0.5) is 11.5 Å². The summed E-state index contributed by atoms with van der Waals surface area (Å²) < 4.78 is 0. The minimum atomic E-state index is -1.14. The highest BCUT2D eigenvalue weighted by Crippen LogP contribution is 2.18. The van der Waals surface area contributed by atoms with Crippen molar-refractivity contribution in [3.8, 4) is 0 Å². The van der Waals surface area contributed by atoms with Crippen LogP contribution in [-0.4, -0.2) is 40.5 Å². The Bertz CT molecular complexity index is 729. The number of aryl methyl sites for hydroxylation is 1. The number of aromatic nitrogens is 2. The summed E-state index contributed by atoms with van der Waals surface area (Å²) in [6, 6.07) is 5.72. The van der Waals surface area contributed by atoms with Gasteiger partial charge in [0.15, 0.2) is 5.69 Å². The third-order valence-electron chi connectivity index (χ3n) is 3.51. The van der Waals surface area contributed by atoms with Gasteiger partial charge < -0.3 is 15.3 Å². The Kier molecular flexibility index (Phi) is 4.90. The third kappa shape index (κ3) is 4.03. The second-order valence-corrected chi connectivity index (χ2v) is 5.22. The van der Waals surface area contributed by atoms with Crippen LogP contribution >= 0.6 is 0 Å². The second kappa shape index (κ2) is 6.87.